The first-order valence-corrected chi connectivity index (χ1v) is 8.05. The first-order chi connectivity index (χ1) is 10.8. The summed E-state index contributed by atoms with van der Waals surface area (Å²) in [5, 5.41) is -0.181. The minimum atomic E-state index is -4.61. The topological polar surface area (TPSA) is 47.0 Å². The summed E-state index contributed by atoms with van der Waals surface area (Å²) < 4.78 is 64.2. The largest absolute Gasteiger partial charge is 0.418 e. The van der Waals surface area contributed by atoms with Gasteiger partial charge in [-0.2, -0.15) is 13.2 Å². The second-order valence-electron chi connectivity index (χ2n) is 4.84. The molecule has 118 valence electrons. The molecule has 1 heterocycles. The second-order valence-corrected chi connectivity index (χ2v) is 6.74. The molecule has 3 aromatic rings. The van der Waals surface area contributed by atoms with E-state index in [1.807, 2.05) is 0 Å². The highest BCUT2D eigenvalue weighted by molar-refractivity contribution is 7.91. The fourth-order valence-electron chi connectivity index (χ4n) is 2.23. The Labute approximate surface area is 130 Å². The number of halogens is 3. The smallest absolute Gasteiger partial charge is 0.235 e. The number of rotatable bonds is 2. The van der Waals surface area contributed by atoms with E-state index < -0.39 is 26.6 Å². The highest BCUT2D eigenvalue weighted by Gasteiger charge is 2.33. The minimum absolute atomic E-state index is 0.0173. The third-order valence-electron chi connectivity index (χ3n) is 3.33. The van der Waals surface area contributed by atoms with E-state index in [0.717, 1.165) is 6.07 Å². The molecule has 0 spiro atoms. The average molecular weight is 337 g/mol. The quantitative estimate of drug-likeness (QED) is 0.708. The van der Waals surface area contributed by atoms with Crippen molar-refractivity contribution in [3.63, 3.8) is 0 Å². The third kappa shape index (κ3) is 2.79. The average Bonchev–Trinajstić information content (AvgIpc) is 2.53. The van der Waals surface area contributed by atoms with Crippen molar-refractivity contribution in [3.05, 3.63) is 66.2 Å². The normalized spacial score (nSPS) is 12.5. The van der Waals surface area contributed by atoms with Gasteiger partial charge in [-0.1, -0.05) is 30.3 Å². The van der Waals surface area contributed by atoms with Crippen molar-refractivity contribution < 1.29 is 21.6 Å². The van der Waals surface area contributed by atoms with Crippen LogP contribution in [0.1, 0.15) is 5.56 Å². The zero-order valence-corrected chi connectivity index (χ0v) is 12.4. The van der Waals surface area contributed by atoms with Crippen LogP contribution in [0.5, 0.6) is 0 Å². The standard InChI is InChI=1S/C16H10F3NO2S/c17-16(18,19)13-8-4-5-11-9-10-14(20-15(11)13)23(21,22)12-6-2-1-3-7-12/h1-10H. The van der Waals surface area contributed by atoms with Crippen molar-refractivity contribution >= 4 is 20.7 Å². The van der Waals surface area contributed by atoms with Gasteiger partial charge in [-0.05, 0) is 30.3 Å². The van der Waals surface area contributed by atoms with Crippen LogP contribution in [0.3, 0.4) is 0 Å². The molecule has 7 heteroatoms. The van der Waals surface area contributed by atoms with E-state index in [1.54, 1.807) is 6.07 Å². The van der Waals surface area contributed by atoms with Gasteiger partial charge >= 0.3 is 6.18 Å². The van der Waals surface area contributed by atoms with Crippen LogP contribution in [-0.2, 0) is 16.0 Å². The molecule has 0 aliphatic heterocycles. The van der Waals surface area contributed by atoms with Gasteiger partial charge < -0.3 is 0 Å². The Kier molecular flexibility index (Phi) is 3.60. The lowest BCUT2D eigenvalue weighted by molar-refractivity contribution is -0.136. The Hall–Kier alpha value is -2.41. The molecule has 0 fully saturated rings. The minimum Gasteiger partial charge on any atom is -0.235 e. The van der Waals surface area contributed by atoms with E-state index in [4.69, 9.17) is 0 Å². The van der Waals surface area contributed by atoms with Gasteiger partial charge in [0.05, 0.1) is 16.0 Å². The number of para-hydroxylation sites is 1. The SMILES string of the molecule is O=S(=O)(c1ccccc1)c1ccc2cccc(C(F)(F)F)c2n1. The molecule has 0 saturated carbocycles. The molecule has 1 aromatic heterocycles. The number of aromatic nitrogens is 1. The number of hydrogen-bond acceptors (Lipinski definition) is 3. The number of pyridine rings is 1. The molecule has 0 aliphatic carbocycles. The third-order valence-corrected chi connectivity index (χ3v) is 5.00. The van der Waals surface area contributed by atoms with Crippen LogP contribution in [0.15, 0.2) is 70.6 Å². The Morgan fingerprint density at radius 3 is 2.17 bits per heavy atom. The van der Waals surface area contributed by atoms with Crippen molar-refractivity contribution in [2.24, 2.45) is 0 Å². The van der Waals surface area contributed by atoms with Crippen LogP contribution in [-0.4, -0.2) is 13.4 Å². The van der Waals surface area contributed by atoms with E-state index in [-0.39, 0.29) is 15.8 Å². The summed E-state index contributed by atoms with van der Waals surface area (Å²) in [5.41, 5.74) is -1.34. The lowest BCUT2D eigenvalue weighted by Gasteiger charge is -2.11. The van der Waals surface area contributed by atoms with Crippen molar-refractivity contribution in [3.8, 4) is 0 Å². The second kappa shape index (κ2) is 5.34. The molecule has 0 bridgehead atoms. The van der Waals surface area contributed by atoms with Crippen LogP contribution >= 0.6 is 0 Å². The van der Waals surface area contributed by atoms with Crippen LogP contribution < -0.4 is 0 Å². The van der Waals surface area contributed by atoms with Crippen LogP contribution in [0.4, 0.5) is 13.2 Å². The molecule has 0 amide bonds. The number of fused-ring (bicyclic) bond motifs is 1. The number of sulfone groups is 1. The number of hydrogen-bond donors (Lipinski definition) is 0. The van der Waals surface area contributed by atoms with Gasteiger partial charge in [-0.15, -0.1) is 0 Å². The summed E-state index contributed by atoms with van der Waals surface area (Å²) in [6.45, 7) is 0. The molecule has 0 N–H and O–H groups in total. The maximum Gasteiger partial charge on any atom is 0.418 e. The van der Waals surface area contributed by atoms with Gasteiger partial charge in [-0.25, -0.2) is 13.4 Å². The van der Waals surface area contributed by atoms with Gasteiger partial charge in [-0.3, -0.25) is 0 Å². The Morgan fingerprint density at radius 2 is 1.52 bits per heavy atom. The number of nitrogens with zero attached hydrogens (tertiary/aromatic N) is 1. The molecule has 0 unspecified atom stereocenters. The van der Waals surface area contributed by atoms with Crippen molar-refractivity contribution in [2.75, 3.05) is 0 Å². The summed E-state index contributed by atoms with van der Waals surface area (Å²) in [7, 11) is -3.97. The van der Waals surface area contributed by atoms with Gasteiger partial charge in [0.15, 0.2) is 5.03 Å². The molecule has 3 rings (SSSR count). The summed E-state index contributed by atoms with van der Waals surface area (Å²) in [5.74, 6) is 0. The highest BCUT2D eigenvalue weighted by Crippen LogP contribution is 2.34. The first-order valence-electron chi connectivity index (χ1n) is 6.57. The molecule has 0 atom stereocenters. The molecule has 0 aliphatic rings. The molecule has 23 heavy (non-hydrogen) atoms. The molecule has 3 nitrogen and oxygen atoms in total. The van der Waals surface area contributed by atoms with E-state index in [2.05, 4.69) is 4.98 Å². The monoisotopic (exact) mass is 337 g/mol. The van der Waals surface area contributed by atoms with Crippen molar-refractivity contribution in [2.45, 2.75) is 16.1 Å². The van der Waals surface area contributed by atoms with Crippen molar-refractivity contribution in [1.29, 1.82) is 0 Å². The van der Waals surface area contributed by atoms with Gasteiger partial charge in [0.2, 0.25) is 9.84 Å². The molecule has 0 saturated heterocycles. The van der Waals surface area contributed by atoms with Crippen molar-refractivity contribution in [1.82, 2.24) is 4.98 Å². The van der Waals surface area contributed by atoms with Gasteiger partial charge in [0.1, 0.15) is 0 Å². The predicted molar refractivity (Wildman–Crippen MR) is 78.6 cm³/mol. The molecular formula is C16H10F3NO2S. The Bertz CT molecular complexity index is 968. The highest BCUT2D eigenvalue weighted by atomic mass is 32.2. The fraction of sp³-hybridized carbons (Fsp3) is 0.0625. The lowest BCUT2D eigenvalue weighted by Crippen LogP contribution is -2.09. The Balaban J connectivity index is 2.25. The lowest BCUT2D eigenvalue weighted by atomic mass is 10.1. The number of alkyl halides is 3. The van der Waals surface area contributed by atoms with Gasteiger partial charge in [0, 0.05) is 5.39 Å². The zero-order chi connectivity index (χ0) is 16.7. The summed E-state index contributed by atoms with van der Waals surface area (Å²) in [6.07, 6.45) is -4.61. The molecule has 0 radical (unpaired) electrons. The zero-order valence-electron chi connectivity index (χ0n) is 11.6. The van der Waals surface area contributed by atoms with E-state index in [9.17, 15) is 21.6 Å². The van der Waals surface area contributed by atoms with E-state index in [0.29, 0.717) is 0 Å². The fourth-order valence-corrected chi connectivity index (χ4v) is 3.44. The Morgan fingerprint density at radius 1 is 0.826 bits per heavy atom. The number of benzene rings is 2. The van der Waals surface area contributed by atoms with Crippen LogP contribution in [0.25, 0.3) is 10.9 Å². The summed E-state index contributed by atoms with van der Waals surface area (Å²) in [4.78, 5) is 3.76. The van der Waals surface area contributed by atoms with Gasteiger partial charge in [0.25, 0.3) is 0 Å². The molecular weight excluding hydrogens is 327 g/mol. The van der Waals surface area contributed by atoms with E-state index in [1.165, 1.54) is 48.5 Å². The van der Waals surface area contributed by atoms with E-state index >= 15 is 0 Å². The molecule has 2 aromatic carbocycles. The first kappa shape index (κ1) is 15.5. The maximum absolute atomic E-state index is 13.1. The summed E-state index contributed by atoms with van der Waals surface area (Å²) >= 11 is 0. The maximum atomic E-state index is 13.1. The predicted octanol–water partition coefficient (Wildman–Crippen LogP) is 4.09. The van der Waals surface area contributed by atoms with Crippen LogP contribution in [0, 0.1) is 0 Å². The van der Waals surface area contributed by atoms with Crippen LogP contribution in [0.2, 0.25) is 0 Å². The summed E-state index contributed by atoms with van der Waals surface area (Å²) in [6, 6.07) is 13.6.